The predicted molar refractivity (Wildman–Crippen MR) is 67.0 cm³/mol. The molecule has 2 N–H and O–H groups in total. The molecule has 1 aromatic heterocycles. The summed E-state index contributed by atoms with van der Waals surface area (Å²) in [6.07, 6.45) is 6.24. The zero-order chi connectivity index (χ0) is 10.6. The van der Waals surface area contributed by atoms with Gasteiger partial charge in [-0.25, -0.2) is 0 Å². The molecule has 0 amide bonds. The molecule has 1 aromatic rings. The van der Waals surface area contributed by atoms with Crippen molar-refractivity contribution in [2.75, 3.05) is 6.54 Å². The molecular formula is C10H18IN3. The minimum atomic E-state index is 0.264. The molecule has 1 heterocycles. The SMILES string of the molecule is CC(C)(CN)CCCn1cc(I)cn1. The standard InChI is InChI=1S/C10H18IN3/c1-10(2,8-12)4-3-5-14-7-9(11)6-13-14/h6-7H,3-5,8,12H2,1-2H3. The molecule has 0 aromatic carbocycles. The van der Waals surface area contributed by atoms with E-state index in [1.54, 1.807) is 0 Å². The van der Waals surface area contributed by atoms with Gasteiger partial charge >= 0.3 is 0 Å². The summed E-state index contributed by atoms with van der Waals surface area (Å²) in [5, 5.41) is 4.24. The molecule has 0 atom stereocenters. The summed E-state index contributed by atoms with van der Waals surface area (Å²) < 4.78 is 3.19. The highest BCUT2D eigenvalue weighted by Gasteiger charge is 2.14. The van der Waals surface area contributed by atoms with Crippen LogP contribution in [0.25, 0.3) is 0 Å². The van der Waals surface area contributed by atoms with Gasteiger partial charge in [0.25, 0.3) is 0 Å². The van der Waals surface area contributed by atoms with Crippen molar-refractivity contribution in [3.05, 3.63) is 16.0 Å². The van der Waals surface area contributed by atoms with Gasteiger partial charge in [-0.3, -0.25) is 4.68 Å². The second kappa shape index (κ2) is 5.11. The molecule has 0 saturated heterocycles. The highest BCUT2D eigenvalue weighted by Crippen LogP contribution is 2.20. The largest absolute Gasteiger partial charge is 0.330 e. The summed E-state index contributed by atoms with van der Waals surface area (Å²) in [5.74, 6) is 0. The van der Waals surface area contributed by atoms with Gasteiger partial charge in [0, 0.05) is 12.7 Å². The van der Waals surface area contributed by atoms with Crippen molar-refractivity contribution in [2.45, 2.75) is 33.2 Å². The number of halogens is 1. The quantitative estimate of drug-likeness (QED) is 0.848. The lowest BCUT2D eigenvalue weighted by molar-refractivity contribution is 0.324. The van der Waals surface area contributed by atoms with E-state index in [4.69, 9.17) is 5.73 Å². The van der Waals surface area contributed by atoms with E-state index in [2.05, 4.69) is 47.7 Å². The first kappa shape index (κ1) is 12.0. The molecule has 14 heavy (non-hydrogen) atoms. The molecule has 0 spiro atoms. The van der Waals surface area contributed by atoms with Crippen LogP contribution in [0.1, 0.15) is 26.7 Å². The van der Waals surface area contributed by atoms with Crippen LogP contribution in [0, 0.1) is 8.99 Å². The molecule has 4 heteroatoms. The van der Waals surface area contributed by atoms with E-state index >= 15 is 0 Å². The first-order valence-electron chi connectivity index (χ1n) is 4.91. The maximum absolute atomic E-state index is 5.67. The molecule has 0 aliphatic carbocycles. The fraction of sp³-hybridized carbons (Fsp3) is 0.700. The van der Waals surface area contributed by atoms with Gasteiger partial charge < -0.3 is 5.73 Å². The second-order valence-electron chi connectivity index (χ2n) is 4.39. The topological polar surface area (TPSA) is 43.8 Å². The van der Waals surface area contributed by atoms with Crippen molar-refractivity contribution in [2.24, 2.45) is 11.1 Å². The predicted octanol–water partition coefficient (Wildman–Crippen LogP) is 2.25. The molecule has 0 aliphatic heterocycles. The molecule has 3 nitrogen and oxygen atoms in total. The summed E-state index contributed by atoms with van der Waals surface area (Å²) >= 11 is 2.27. The van der Waals surface area contributed by atoms with Crippen LogP contribution in [-0.2, 0) is 6.54 Å². The normalized spacial score (nSPS) is 12.0. The number of nitrogens with zero attached hydrogens (tertiary/aromatic N) is 2. The van der Waals surface area contributed by atoms with Crippen LogP contribution in [0.15, 0.2) is 12.4 Å². The zero-order valence-corrected chi connectivity index (χ0v) is 11.0. The van der Waals surface area contributed by atoms with E-state index in [1.807, 2.05) is 10.9 Å². The van der Waals surface area contributed by atoms with Crippen LogP contribution in [0.5, 0.6) is 0 Å². The number of hydrogen-bond donors (Lipinski definition) is 1. The van der Waals surface area contributed by atoms with Crippen molar-refractivity contribution >= 4 is 22.6 Å². The van der Waals surface area contributed by atoms with Crippen LogP contribution >= 0.6 is 22.6 Å². The third-order valence-electron chi connectivity index (χ3n) is 2.40. The fourth-order valence-corrected chi connectivity index (χ4v) is 1.73. The van der Waals surface area contributed by atoms with E-state index in [9.17, 15) is 0 Å². The van der Waals surface area contributed by atoms with Gasteiger partial charge in [-0.2, -0.15) is 5.10 Å². The first-order chi connectivity index (χ1) is 6.53. The van der Waals surface area contributed by atoms with Crippen LogP contribution in [0.3, 0.4) is 0 Å². The average molecular weight is 307 g/mol. The van der Waals surface area contributed by atoms with E-state index < -0.39 is 0 Å². The monoisotopic (exact) mass is 307 g/mol. The summed E-state index contributed by atoms with van der Waals surface area (Å²) in [4.78, 5) is 0. The molecule has 0 bridgehead atoms. The maximum Gasteiger partial charge on any atom is 0.0623 e. The molecular weight excluding hydrogens is 289 g/mol. The summed E-state index contributed by atoms with van der Waals surface area (Å²) in [7, 11) is 0. The van der Waals surface area contributed by atoms with Crippen LogP contribution in [0.4, 0.5) is 0 Å². The number of nitrogens with two attached hydrogens (primary N) is 1. The van der Waals surface area contributed by atoms with E-state index in [1.165, 1.54) is 3.57 Å². The van der Waals surface area contributed by atoms with Crippen LogP contribution < -0.4 is 5.73 Å². The van der Waals surface area contributed by atoms with Crippen LogP contribution in [0.2, 0.25) is 0 Å². The van der Waals surface area contributed by atoms with Crippen LogP contribution in [-0.4, -0.2) is 16.3 Å². The molecule has 0 fully saturated rings. The lowest BCUT2D eigenvalue weighted by Gasteiger charge is -2.21. The lowest BCUT2D eigenvalue weighted by Crippen LogP contribution is -2.23. The van der Waals surface area contributed by atoms with Crippen molar-refractivity contribution in [3.63, 3.8) is 0 Å². The van der Waals surface area contributed by atoms with Gasteiger partial charge in [0.15, 0.2) is 0 Å². The van der Waals surface area contributed by atoms with Gasteiger partial charge in [-0.1, -0.05) is 13.8 Å². The van der Waals surface area contributed by atoms with Crippen molar-refractivity contribution in [3.8, 4) is 0 Å². The summed E-state index contributed by atoms with van der Waals surface area (Å²) in [5.41, 5.74) is 5.93. The Morgan fingerprint density at radius 3 is 2.79 bits per heavy atom. The third kappa shape index (κ3) is 3.96. The summed E-state index contributed by atoms with van der Waals surface area (Å²) in [6, 6.07) is 0. The summed E-state index contributed by atoms with van der Waals surface area (Å²) in [6.45, 7) is 6.16. The molecule has 1 rings (SSSR count). The minimum absolute atomic E-state index is 0.264. The molecule has 0 unspecified atom stereocenters. The Bertz CT molecular complexity index is 281. The zero-order valence-electron chi connectivity index (χ0n) is 8.83. The Hall–Kier alpha value is -0.100. The lowest BCUT2D eigenvalue weighted by atomic mass is 9.88. The van der Waals surface area contributed by atoms with E-state index in [-0.39, 0.29) is 5.41 Å². The highest BCUT2D eigenvalue weighted by atomic mass is 127. The fourth-order valence-electron chi connectivity index (χ4n) is 1.28. The Morgan fingerprint density at radius 2 is 2.29 bits per heavy atom. The number of aryl methyl sites for hydroxylation is 1. The molecule has 0 saturated carbocycles. The number of aromatic nitrogens is 2. The van der Waals surface area contributed by atoms with Crippen molar-refractivity contribution < 1.29 is 0 Å². The van der Waals surface area contributed by atoms with Gasteiger partial charge in [-0.15, -0.1) is 0 Å². The van der Waals surface area contributed by atoms with Gasteiger partial charge in [0.2, 0.25) is 0 Å². The first-order valence-corrected chi connectivity index (χ1v) is 5.99. The number of rotatable bonds is 5. The average Bonchev–Trinajstić information content (AvgIpc) is 2.51. The van der Waals surface area contributed by atoms with Crippen molar-refractivity contribution in [1.82, 2.24) is 9.78 Å². The van der Waals surface area contributed by atoms with E-state index in [0.29, 0.717) is 0 Å². The van der Waals surface area contributed by atoms with Crippen molar-refractivity contribution in [1.29, 1.82) is 0 Å². The molecule has 0 radical (unpaired) electrons. The Morgan fingerprint density at radius 1 is 1.57 bits per heavy atom. The van der Waals surface area contributed by atoms with Gasteiger partial charge in [-0.05, 0) is 47.4 Å². The molecule has 80 valence electrons. The Labute approximate surface area is 99.2 Å². The maximum atomic E-state index is 5.67. The minimum Gasteiger partial charge on any atom is -0.330 e. The number of hydrogen-bond acceptors (Lipinski definition) is 2. The Balaban J connectivity index is 2.28. The molecule has 0 aliphatic rings. The van der Waals surface area contributed by atoms with Gasteiger partial charge in [0.1, 0.15) is 0 Å². The smallest absolute Gasteiger partial charge is 0.0623 e. The Kier molecular flexibility index (Phi) is 4.37. The highest BCUT2D eigenvalue weighted by molar-refractivity contribution is 14.1. The van der Waals surface area contributed by atoms with Gasteiger partial charge in [0.05, 0.1) is 9.77 Å². The third-order valence-corrected chi connectivity index (χ3v) is 2.95. The second-order valence-corrected chi connectivity index (χ2v) is 5.64. The van der Waals surface area contributed by atoms with E-state index in [0.717, 1.165) is 25.9 Å².